The van der Waals surface area contributed by atoms with Gasteiger partial charge in [-0.05, 0) is 30.7 Å². The number of benzene rings is 1. The molecule has 0 aliphatic carbocycles. The van der Waals surface area contributed by atoms with Gasteiger partial charge in [0.25, 0.3) is 0 Å². The summed E-state index contributed by atoms with van der Waals surface area (Å²) in [6.45, 7) is 1.27. The van der Waals surface area contributed by atoms with E-state index < -0.39 is 17.8 Å². The van der Waals surface area contributed by atoms with Crippen molar-refractivity contribution in [3.63, 3.8) is 0 Å². The third kappa shape index (κ3) is 4.42. The van der Waals surface area contributed by atoms with Crippen molar-refractivity contribution in [1.82, 2.24) is 14.9 Å². The van der Waals surface area contributed by atoms with Crippen LogP contribution in [0.2, 0.25) is 0 Å². The van der Waals surface area contributed by atoms with E-state index in [1.807, 2.05) is 4.90 Å². The van der Waals surface area contributed by atoms with Crippen molar-refractivity contribution < 1.29 is 19.1 Å². The normalized spacial score (nSPS) is 21.0. The van der Waals surface area contributed by atoms with E-state index in [1.165, 1.54) is 24.3 Å². The average Bonchev–Trinajstić information content (AvgIpc) is 3.09. The fraction of sp³-hybridized carbons (Fsp3) is 0.353. The molecule has 25 heavy (non-hydrogen) atoms. The quantitative estimate of drug-likeness (QED) is 0.766. The van der Waals surface area contributed by atoms with E-state index in [4.69, 9.17) is 0 Å². The molecule has 1 aromatic carbocycles. The van der Waals surface area contributed by atoms with E-state index in [1.54, 1.807) is 12.4 Å². The molecular weight excluding hydrogens is 327 g/mol. The van der Waals surface area contributed by atoms with E-state index in [9.17, 15) is 19.1 Å². The molecule has 0 saturated carbocycles. The van der Waals surface area contributed by atoms with Crippen molar-refractivity contribution in [2.45, 2.75) is 13.0 Å². The van der Waals surface area contributed by atoms with Gasteiger partial charge in [0, 0.05) is 31.2 Å². The van der Waals surface area contributed by atoms with Gasteiger partial charge in [0.05, 0.1) is 18.4 Å². The summed E-state index contributed by atoms with van der Waals surface area (Å²) in [5.74, 6) is -1.91. The predicted octanol–water partition coefficient (Wildman–Crippen LogP) is 1.71. The van der Waals surface area contributed by atoms with Crippen molar-refractivity contribution in [1.29, 1.82) is 0 Å². The van der Waals surface area contributed by atoms with Crippen molar-refractivity contribution in [2.24, 2.45) is 11.8 Å². The number of likely N-dealkylation sites (tertiary alicyclic amines) is 1. The number of carbonyl (C=O) groups is 2. The van der Waals surface area contributed by atoms with Gasteiger partial charge in [0.2, 0.25) is 5.91 Å². The molecule has 1 aliphatic rings. The molecule has 3 rings (SSSR count). The smallest absolute Gasteiger partial charge is 0.307 e. The first-order chi connectivity index (χ1) is 12.0. The summed E-state index contributed by atoms with van der Waals surface area (Å²) in [5, 5.41) is 12.1. The number of nitrogens with zero attached hydrogens (tertiary/aromatic N) is 2. The number of imidazole rings is 1. The van der Waals surface area contributed by atoms with E-state index >= 15 is 0 Å². The van der Waals surface area contributed by atoms with Gasteiger partial charge in [-0.25, -0.2) is 9.37 Å². The Bertz CT molecular complexity index is 733. The predicted molar refractivity (Wildman–Crippen MR) is 88.1 cm³/mol. The van der Waals surface area contributed by atoms with E-state index in [-0.39, 0.29) is 18.1 Å². The highest BCUT2D eigenvalue weighted by Crippen LogP contribution is 2.24. The number of nitrogens with one attached hydrogen (secondary N) is 2. The maximum Gasteiger partial charge on any atom is 0.307 e. The number of carbonyl (C=O) groups excluding carboxylic acids is 1. The number of hydrogen-bond acceptors (Lipinski definition) is 4. The number of amides is 1. The molecule has 8 heteroatoms. The Hall–Kier alpha value is -2.74. The lowest BCUT2D eigenvalue weighted by molar-refractivity contribution is -0.145. The van der Waals surface area contributed by atoms with Crippen molar-refractivity contribution in [2.75, 3.05) is 18.4 Å². The van der Waals surface area contributed by atoms with Gasteiger partial charge >= 0.3 is 5.97 Å². The number of piperidine rings is 1. The molecule has 1 fully saturated rings. The number of anilines is 1. The van der Waals surface area contributed by atoms with Gasteiger partial charge in [0.1, 0.15) is 11.6 Å². The van der Waals surface area contributed by atoms with Crippen LogP contribution in [0.4, 0.5) is 10.1 Å². The maximum atomic E-state index is 13.0. The number of halogens is 1. The second-order valence-electron chi connectivity index (χ2n) is 6.19. The monoisotopic (exact) mass is 346 g/mol. The van der Waals surface area contributed by atoms with Crippen LogP contribution in [0.3, 0.4) is 0 Å². The number of carboxylic acid groups (broad SMARTS) is 1. The van der Waals surface area contributed by atoms with E-state index in [0.29, 0.717) is 25.3 Å². The third-order valence-corrected chi connectivity index (χ3v) is 4.29. The van der Waals surface area contributed by atoms with Crippen LogP contribution in [0.1, 0.15) is 12.2 Å². The molecule has 1 amide bonds. The number of hydrogen-bond donors (Lipinski definition) is 3. The fourth-order valence-corrected chi connectivity index (χ4v) is 3.06. The first kappa shape index (κ1) is 17.1. The summed E-state index contributed by atoms with van der Waals surface area (Å²) in [5.41, 5.74) is 0.487. The van der Waals surface area contributed by atoms with Crippen LogP contribution in [0.15, 0.2) is 36.7 Å². The molecule has 2 aromatic rings. The Labute approximate surface area is 143 Å². The van der Waals surface area contributed by atoms with Crippen molar-refractivity contribution in [3.8, 4) is 0 Å². The maximum absolute atomic E-state index is 13.0. The number of aromatic amines is 1. The summed E-state index contributed by atoms with van der Waals surface area (Å²) in [6.07, 6.45) is 3.61. The third-order valence-electron chi connectivity index (χ3n) is 4.29. The first-order valence-corrected chi connectivity index (χ1v) is 8.01. The Morgan fingerprint density at radius 2 is 2.00 bits per heavy atom. The van der Waals surface area contributed by atoms with Crippen LogP contribution in [0.5, 0.6) is 0 Å². The topological polar surface area (TPSA) is 98.3 Å². The Kier molecular flexibility index (Phi) is 5.08. The number of carboxylic acids is 1. The van der Waals surface area contributed by atoms with Gasteiger partial charge in [-0.3, -0.25) is 14.5 Å². The van der Waals surface area contributed by atoms with Crippen LogP contribution in [-0.4, -0.2) is 44.9 Å². The van der Waals surface area contributed by atoms with Crippen molar-refractivity contribution in [3.05, 3.63) is 48.3 Å². The summed E-state index contributed by atoms with van der Waals surface area (Å²) in [6, 6.07) is 5.48. The largest absolute Gasteiger partial charge is 0.481 e. The standard InChI is InChI=1S/C17H19FN4O3/c18-13-1-3-14(4-2-13)21-16(23)11-7-12(17(24)25)9-22(8-11)10-15-19-5-6-20-15/h1-6,11-12H,7-10H2,(H,19,20)(H,21,23)(H,24,25)/t11-,12-/m0/s1. The van der Waals surface area contributed by atoms with Crippen LogP contribution < -0.4 is 5.32 Å². The lowest BCUT2D eigenvalue weighted by atomic mass is 9.88. The first-order valence-electron chi connectivity index (χ1n) is 8.01. The summed E-state index contributed by atoms with van der Waals surface area (Å²) in [7, 11) is 0. The van der Waals surface area contributed by atoms with E-state index in [0.717, 1.165) is 5.82 Å². The van der Waals surface area contributed by atoms with Gasteiger partial charge in [-0.15, -0.1) is 0 Å². The molecule has 7 nitrogen and oxygen atoms in total. The van der Waals surface area contributed by atoms with Crippen LogP contribution in [-0.2, 0) is 16.1 Å². The summed E-state index contributed by atoms with van der Waals surface area (Å²) >= 11 is 0. The van der Waals surface area contributed by atoms with E-state index in [2.05, 4.69) is 15.3 Å². The van der Waals surface area contributed by atoms with Gasteiger partial charge in [-0.2, -0.15) is 0 Å². The molecular formula is C17H19FN4O3. The number of H-pyrrole nitrogens is 1. The molecule has 0 bridgehead atoms. The second kappa shape index (κ2) is 7.43. The molecule has 2 heterocycles. The highest BCUT2D eigenvalue weighted by molar-refractivity contribution is 5.93. The average molecular weight is 346 g/mol. The highest BCUT2D eigenvalue weighted by atomic mass is 19.1. The molecule has 0 spiro atoms. The lowest BCUT2D eigenvalue weighted by Gasteiger charge is -2.35. The van der Waals surface area contributed by atoms with Gasteiger partial charge < -0.3 is 15.4 Å². The Morgan fingerprint density at radius 1 is 1.28 bits per heavy atom. The van der Waals surface area contributed by atoms with Crippen molar-refractivity contribution >= 4 is 17.6 Å². The zero-order valence-corrected chi connectivity index (χ0v) is 13.5. The number of aliphatic carboxylic acids is 1. The second-order valence-corrected chi connectivity index (χ2v) is 6.19. The lowest BCUT2D eigenvalue weighted by Crippen LogP contribution is -2.46. The minimum Gasteiger partial charge on any atom is -0.481 e. The highest BCUT2D eigenvalue weighted by Gasteiger charge is 2.35. The summed E-state index contributed by atoms with van der Waals surface area (Å²) < 4.78 is 13.0. The number of aromatic nitrogens is 2. The molecule has 132 valence electrons. The molecule has 1 saturated heterocycles. The fourth-order valence-electron chi connectivity index (χ4n) is 3.06. The number of rotatable bonds is 5. The SMILES string of the molecule is O=C(O)[C@H]1C[C@H](C(=O)Nc2ccc(F)cc2)CN(Cc2ncc[nH]2)C1. The Balaban J connectivity index is 1.68. The molecule has 1 aliphatic heterocycles. The van der Waals surface area contributed by atoms with Gasteiger partial charge in [-0.1, -0.05) is 0 Å². The Morgan fingerprint density at radius 3 is 2.64 bits per heavy atom. The van der Waals surface area contributed by atoms with Crippen LogP contribution in [0.25, 0.3) is 0 Å². The molecule has 1 aromatic heterocycles. The van der Waals surface area contributed by atoms with Crippen LogP contribution in [0, 0.1) is 17.7 Å². The zero-order valence-electron chi connectivity index (χ0n) is 13.5. The van der Waals surface area contributed by atoms with Gasteiger partial charge in [0.15, 0.2) is 0 Å². The minimum atomic E-state index is -0.913. The molecule has 2 atom stereocenters. The molecule has 0 unspecified atom stereocenters. The minimum absolute atomic E-state index is 0.262. The van der Waals surface area contributed by atoms with Crippen LogP contribution >= 0.6 is 0 Å². The summed E-state index contributed by atoms with van der Waals surface area (Å²) in [4.78, 5) is 33.0. The molecule has 3 N–H and O–H groups in total. The molecule has 0 radical (unpaired) electrons. The zero-order chi connectivity index (χ0) is 17.8.